The predicted octanol–water partition coefficient (Wildman–Crippen LogP) is 1.16. The second-order valence-electron chi connectivity index (χ2n) is 3.61. The first kappa shape index (κ1) is 12.7. The summed E-state index contributed by atoms with van der Waals surface area (Å²) in [6, 6.07) is 6.08. The number of hydrogen-bond donors (Lipinski definition) is 2. The first-order chi connectivity index (χ1) is 7.70. The monoisotopic (exact) mass is 221 g/mol. The molecule has 0 aromatic heterocycles. The molecule has 0 fully saturated rings. The SMILES string of the molecule is COCCN=C(NN)c1cccc(C)c1C. The number of nitrogens with one attached hydrogen (secondary N) is 1. The number of ether oxygens (including phenoxy) is 1. The minimum Gasteiger partial charge on any atom is -0.383 e. The zero-order valence-corrected chi connectivity index (χ0v) is 10.1. The molecule has 0 saturated heterocycles. The molecular formula is C12H19N3O. The summed E-state index contributed by atoms with van der Waals surface area (Å²) < 4.78 is 4.95. The van der Waals surface area contributed by atoms with Crippen LogP contribution in [0, 0.1) is 13.8 Å². The fourth-order valence-corrected chi connectivity index (χ4v) is 1.46. The van der Waals surface area contributed by atoms with E-state index < -0.39 is 0 Å². The molecule has 1 aromatic carbocycles. The van der Waals surface area contributed by atoms with Crippen LogP contribution in [0.5, 0.6) is 0 Å². The van der Waals surface area contributed by atoms with Crippen LogP contribution in [0.2, 0.25) is 0 Å². The number of amidine groups is 1. The maximum Gasteiger partial charge on any atom is 0.142 e. The van der Waals surface area contributed by atoms with Crippen molar-refractivity contribution >= 4 is 5.84 Å². The molecule has 0 atom stereocenters. The van der Waals surface area contributed by atoms with Gasteiger partial charge in [-0.3, -0.25) is 4.99 Å². The summed E-state index contributed by atoms with van der Waals surface area (Å²) in [6.07, 6.45) is 0. The summed E-state index contributed by atoms with van der Waals surface area (Å²) in [7, 11) is 1.66. The van der Waals surface area contributed by atoms with Crippen molar-refractivity contribution in [2.24, 2.45) is 10.8 Å². The largest absolute Gasteiger partial charge is 0.383 e. The van der Waals surface area contributed by atoms with E-state index in [0.717, 1.165) is 5.56 Å². The van der Waals surface area contributed by atoms with Gasteiger partial charge in [0.05, 0.1) is 13.2 Å². The van der Waals surface area contributed by atoms with E-state index in [0.29, 0.717) is 19.0 Å². The van der Waals surface area contributed by atoms with Gasteiger partial charge in [0.25, 0.3) is 0 Å². The highest BCUT2D eigenvalue weighted by Gasteiger charge is 2.06. The van der Waals surface area contributed by atoms with Crippen LogP contribution < -0.4 is 11.3 Å². The lowest BCUT2D eigenvalue weighted by Crippen LogP contribution is -2.32. The van der Waals surface area contributed by atoms with Crippen molar-refractivity contribution in [3.8, 4) is 0 Å². The van der Waals surface area contributed by atoms with E-state index in [2.05, 4.69) is 30.3 Å². The molecule has 0 heterocycles. The molecule has 0 aliphatic carbocycles. The number of rotatable bonds is 4. The van der Waals surface area contributed by atoms with Gasteiger partial charge in [0.1, 0.15) is 5.84 Å². The zero-order valence-electron chi connectivity index (χ0n) is 10.1. The predicted molar refractivity (Wildman–Crippen MR) is 66.5 cm³/mol. The topological polar surface area (TPSA) is 59.6 Å². The molecule has 0 bridgehead atoms. The Labute approximate surface area is 96.5 Å². The second-order valence-corrected chi connectivity index (χ2v) is 3.61. The third-order valence-electron chi connectivity index (χ3n) is 2.56. The molecule has 4 heteroatoms. The highest BCUT2D eigenvalue weighted by atomic mass is 16.5. The lowest BCUT2D eigenvalue weighted by Gasteiger charge is -2.11. The van der Waals surface area contributed by atoms with Crippen molar-refractivity contribution in [2.45, 2.75) is 13.8 Å². The van der Waals surface area contributed by atoms with Gasteiger partial charge in [0.15, 0.2) is 0 Å². The number of hydrogen-bond acceptors (Lipinski definition) is 3. The molecule has 0 radical (unpaired) electrons. The minimum atomic E-state index is 0.593. The Morgan fingerprint density at radius 1 is 1.44 bits per heavy atom. The van der Waals surface area contributed by atoms with E-state index in [9.17, 15) is 0 Å². The summed E-state index contributed by atoms with van der Waals surface area (Å²) >= 11 is 0. The van der Waals surface area contributed by atoms with Crippen LogP contribution in [0.25, 0.3) is 0 Å². The molecule has 16 heavy (non-hydrogen) atoms. The number of hydrazine groups is 1. The summed E-state index contributed by atoms with van der Waals surface area (Å²) in [6.45, 7) is 5.33. The maximum atomic E-state index is 5.48. The Morgan fingerprint density at radius 2 is 2.19 bits per heavy atom. The second kappa shape index (κ2) is 6.25. The van der Waals surface area contributed by atoms with Crippen molar-refractivity contribution in [2.75, 3.05) is 20.3 Å². The van der Waals surface area contributed by atoms with Gasteiger partial charge < -0.3 is 10.2 Å². The number of benzene rings is 1. The van der Waals surface area contributed by atoms with Gasteiger partial charge in [-0.15, -0.1) is 0 Å². The molecular weight excluding hydrogens is 202 g/mol. The first-order valence-electron chi connectivity index (χ1n) is 5.27. The van der Waals surface area contributed by atoms with Crippen molar-refractivity contribution in [1.82, 2.24) is 5.43 Å². The standard InChI is InChI=1S/C12H19N3O/c1-9-5-4-6-11(10(9)2)12(15-13)14-7-8-16-3/h4-6H,7-8,13H2,1-3H3,(H,14,15). The van der Waals surface area contributed by atoms with Crippen LogP contribution in [-0.2, 0) is 4.74 Å². The molecule has 3 N–H and O–H groups in total. The van der Waals surface area contributed by atoms with Gasteiger partial charge in [-0.2, -0.15) is 0 Å². The molecule has 0 unspecified atom stereocenters. The number of aliphatic imine (C=N–C) groups is 1. The number of methoxy groups -OCH3 is 1. The molecule has 0 amide bonds. The summed E-state index contributed by atoms with van der Waals surface area (Å²) in [4.78, 5) is 4.36. The fraction of sp³-hybridized carbons (Fsp3) is 0.417. The molecule has 1 aromatic rings. The highest BCUT2D eigenvalue weighted by Crippen LogP contribution is 2.12. The van der Waals surface area contributed by atoms with Gasteiger partial charge in [-0.05, 0) is 25.0 Å². The van der Waals surface area contributed by atoms with E-state index in [1.807, 2.05) is 12.1 Å². The van der Waals surface area contributed by atoms with Crippen LogP contribution in [0.3, 0.4) is 0 Å². The Balaban J connectivity index is 2.95. The average molecular weight is 221 g/mol. The lowest BCUT2D eigenvalue weighted by molar-refractivity contribution is 0.208. The molecule has 0 aliphatic rings. The third-order valence-corrected chi connectivity index (χ3v) is 2.56. The fourth-order valence-electron chi connectivity index (χ4n) is 1.46. The van der Waals surface area contributed by atoms with Gasteiger partial charge in [0.2, 0.25) is 0 Å². The zero-order chi connectivity index (χ0) is 12.0. The van der Waals surface area contributed by atoms with Crippen LogP contribution in [0.1, 0.15) is 16.7 Å². The van der Waals surface area contributed by atoms with Crippen LogP contribution in [-0.4, -0.2) is 26.1 Å². The first-order valence-corrected chi connectivity index (χ1v) is 5.27. The van der Waals surface area contributed by atoms with Crippen LogP contribution in [0.4, 0.5) is 0 Å². The van der Waals surface area contributed by atoms with E-state index in [1.54, 1.807) is 7.11 Å². The summed E-state index contributed by atoms with van der Waals surface area (Å²) in [5.74, 6) is 6.19. The van der Waals surface area contributed by atoms with E-state index in [1.165, 1.54) is 11.1 Å². The van der Waals surface area contributed by atoms with Crippen molar-refractivity contribution < 1.29 is 4.74 Å². The average Bonchev–Trinajstić information content (AvgIpc) is 2.29. The van der Waals surface area contributed by atoms with Gasteiger partial charge in [-0.25, -0.2) is 5.84 Å². The normalized spacial score (nSPS) is 11.6. The Kier molecular flexibility index (Phi) is 4.95. The molecule has 1 rings (SSSR count). The highest BCUT2D eigenvalue weighted by molar-refractivity contribution is 5.99. The molecule has 88 valence electrons. The Bertz CT molecular complexity index is 375. The molecule has 0 saturated carbocycles. The maximum absolute atomic E-state index is 5.48. The number of nitrogens with two attached hydrogens (primary N) is 1. The number of aryl methyl sites for hydroxylation is 1. The van der Waals surface area contributed by atoms with E-state index in [4.69, 9.17) is 10.6 Å². The summed E-state index contributed by atoms with van der Waals surface area (Å²) in [5.41, 5.74) is 6.10. The minimum absolute atomic E-state index is 0.593. The van der Waals surface area contributed by atoms with Crippen molar-refractivity contribution in [1.29, 1.82) is 0 Å². The van der Waals surface area contributed by atoms with Gasteiger partial charge >= 0.3 is 0 Å². The Morgan fingerprint density at radius 3 is 2.81 bits per heavy atom. The van der Waals surface area contributed by atoms with Crippen LogP contribution in [0.15, 0.2) is 23.2 Å². The lowest BCUT2D eigenvalue weighted by atomic mass is 10.0. The van der Waals surface area contributed by atoms with Crippen molar-refractivity contribution in [3.05, 3.63) is 34.9 Å². The molecule has 0 aliphatic heterocycles. The van der Waals surface area contributed by atoms with E-state index >= 15 is 0 Å². The quantitative estimate of drug-likeness (QED) is 0.264. The number of nitrogens with zero attached hydrogens (tertiary/aromatic N) is 1. The van der Waals surface area contributed by atoms with Crippen LogP contribution >= 0.6 is 0 Å². The van der Waals surface area contributed by atoms with E-state index in [-0.39, 0.29) is 0 Å². The van der Waals surface area contributed by atoms with Gasteiger partial charge in [0, 0.05) is 12.7 Å². The third kappa shape index (κ3) is 3.05. The molecule has 4 nitrogen and oxygen atoms in total. The van der Waals surface area contributed by atoms with Crippen molar-refractivity contribution in [3.63, 3.8) is 0 Å². The Hall–Kier alpha value is -1.39. The molecule has 0 spiro atoms. The smallest absolute Gasteiger partial charge is 0.142 e. The van der Waals surface area contributed by atoms with Gasteiger partial charge in [-0.1, -0.05) is 18.2 Å². The summed E-state index contributed by atoms with van der Waals surface area (Å²) in [5, 5.41) is 0.